The first-order valence-electron chi connectivity index (χ1n) is 6.51. The van der Waals surface area contributed by atoms with Gasteiger partial charge < -0.3 is 15.8 Å². The average Bonchev–Trinajstić information content (AvgIpc) is 2.47. The number of amides is 1. The fourth-order valence-corrected chi connectivity index (χ4v) is 1.98. The molecule has 0 spiro atoms. The summed E-state index contributed by atoms with van der Waals surface area (Å²) in [5, 5.41) is 2.83. The number of hydrogen-bond acceptors (Lipinski definition) is 3. The van der Waals surface area contributed by atoms with Gasteiger partial charge in [-0.3, -0.25) is 4.79 Å². The minimum absolute atomic E-state index is 0.250. The number of rotatable bonds is 4. The van der Waals surface area contributed by atoms with Crippen LogP contribution in [0.15, 0.2) is 42.5 Å². The zero-order chi connectivity index (χ0) is 15.4. The number of ether oxygens (including phenoxy) is 1. The molecule has 0 aromatic heterocycles. The fraction of sp³-hybridized carbons (Fsp3) is 0.188. The van der Waals surface area contributed by atoms with Crippen LogP contribution < -0.4 is 15.8 Å². The lowest BCUT2D eigenvalue weighted by Crippen LogP contribution is -2.27. The largest absolute Gasteiger partial charge is 0.497 e. The predicted octanol–water partition coefficient (Wildman–Crippen LogP) is 2.91. The number of nitrogens with two attached hydrogens (primary N) is 1. The number of halogens is 1. The number of benzene rings is 2. The molecule has 0 aliphatic heterocycles. The molecule has 0 radical (unpaired) electrons. The van der Waals surface area contributed by atoms with Crippen molar-refractivity contribution in [3.8, 4) is 5.75 Å². The molecule has 0 heterocycles. The predicted molar refractivity (Wildman–Crippen MR) is 79.7 cm³/mol. The Morgan fingerprint density at radius 3 is 2.48 bits per heavy atom. The number of hydrogen-bond donors (Lipinski definition) is 2. The molecular formula is C16H17FN2O2. The maximum Gasteiger partial charge on any atom is 0.253 e. The Morgan fingerprint density at radius 2 is 1.90 bits per heavy atom. The van der Waals surface area contributed by atoms with Gasteiger partial charge in [0.05, 0.1) is 18.7 Å². The summed E-state index contributed by atoms with van der Waals surface area (Å²) in [5.74, 6) is -0.000661. The van der Waals surface area contributed by atoms with Crippen LogP contribution in [0.3, 0.4) is 0 Å². The molecule has 3 N–H and O–H groups in total. The molecule has 1 atom stereocenters. The molecule has 21 heavy (non-hydrogen) atoms. The van der Waals surface area contributed by atoms with E-state index in [2.05, 4.69) is 5.32 Å². The lowest BCUT2D eigenvalue weighted by Gasteiger charge is -2.15. The molecule has 1 amide bonds. The number of anilines is 1. The van der Waals surface area contributed by atoms with Crippen molar-refractivity contribution in [1.29, 1.82) is 0 Å². The van der Waals surface area contributed by atoms with E-state index < -0.39 is 0 Å². The Labute approximate surface area is 122 Å². The summed E-state index contributed by atoms with van der Waals surface area (Å²) in [6.07, 6.45) is 0. The van der Waals surface area contributed by atoms with Crippen LogP contribution >= 0.6 is 0 Å². The number of nitrogen functional groups attached to an aromatic ring is 1. The van der Waals surface area contributed by atoms with Crippen molar-refractivity contribution in [3.63, 3.8) is 0 Å². The highest BCUT2D eigenvalue weighted by Crippen LogP contribution is 2.21. The van der Waals surface area contributed by atoms with Crippen molar-refractivity contribution >= 4 is 11.6 Å². The Bertz CT molecular complexity index is 641. The SMILES string of the molecule is COc1ccc(C(=O)NC(C)c2ccc(F)cc2)c(N)c1. The maximum absolute atomic E-state index is 12.9. The summed E-state index contributed by atoms with van der Waals surface area (Å²) >= 11 is 0. The lowest BCUT2D eigenvalue weighted by molar-refractivity contribution is 0.0941. The Morgan fingerprint density at radius 1 is 1.24 bits per heavy atom. The van der Waals surface area contributed by atoms with Crippen LogP contribution in [0.25, 0.3) is 0 Å². The summed E-state index contributed by atoms with van der Waals surface area (Å²) in [4.78, 5) is 12.2. The molecule has 4 nitrogen and oxygen atoms in total. The standard InChI is InChI=1S/C16H17FN2O2/c1-10(11-3-5-12(17)6-4-11)19-16(20)14-8-7-13(21-2)9-15(14)18/h3-10H,18H2,1-2H3,(H,19,20). The quantitative estimate of drug-likeness (QED) is 0.850. The van der Waals surface area contributed by atoms with E-state index in [0.717, 1.165) is 5.56 Å². The molecule has 0 saturated heterocycles. The summed E-state index contributed by atoms with van der Waals surface area (Å²) in [6.45, 7) is 1.82. The summed E-state index contributed by atoms with van der Waals surface area (Å²) < 4.78 is 17.9. The van der Waals surface area contributed by atoms with Crippen molar-refractivity contribution in [2.45, 2.75) is 13.0 Å². The highest BCUT2D eigenvalue weighted by Gasteiger charge is 2.14. The molecule has 2 aromatic rings. The number of nitrogens with one attached hydrogen (secondary N) is 1. The molecule has 0 aliphatic rings. The van der Waals surface area contributed by atoms with Crippen LogP contribution in [0.5, 0.6) is 5.75 Å². The van der Waals surface area contributed by atoms with Gasteiger partial charge in [-0.2, -0.15) is 0 Å². The second-order valence-electron chi connectivity index (χ2n) is 4.70. The fourth-order valence-electron chi connectivity index (χ4n) is 1.98. The van der Waals surface area contributed by atoms with Gasteiger partial charge in [0, 0.05) is 11.8 Å². The summed E-state index contributed by atoms with van der Waals surface area (Å²) in [7, 11) is 1.53. The van der Waals surface area contributed by atoms with Crippen LogP contribution in [-0.2, 0) is 0 Å². The van der Waals surface area contributed by atoms with Gasteiger partial charge in [0.15, 0.2) is 0 Å². The minimum Gasteiger partial charge on any atom is -0.497 e. The van der Waals surface area contributed by atoms with Crippen LogP contribution in [0.4, 0.5) is 10.1 Å². The van der Waals surface area contributed by atoms with Crippen molar-refractivity contribution < 1.29 is 13.9 Å². The molecule has 0 saturated carbocycles. The van der Waals surface area contributed by atoms with Crippen LogP contribution in [0.2, 0.25) is 0 Å². The third-order valence-corrected chi connectivity index (χ3v) is 3.22. The first kappa shape index (κ1) is 14.8. The maximum atomic E-state index is 12.9. The topological polar surface area (TPSA) is 64.3 Å². The van der Waals surface area contributed by atoms with Crippen molar-refractivity contribution in [2.75, 3.05) is 12.8 Å². The molecule has 0 bridgehead atoms. The Hall–Kier alpha value is -2.56. The van der Waals surface area contributed by atoms with E-state index in [1.165, 1.54) is 19.2 Å². The third-order valence-electron chi connectivity index (χ3n) is 3.22. The van der Waals surface area contributed by atoms with Gasteiger partial charge >= 0.3 is 0 Å². The first-order chi connectivity index (χ1) is 10.0. The second kappa shape index (κ2) is 6.26. The smallest absolute Gasteiger partial charge is 0.253 e. The van der Waals surface area contributed by atoms with Gasteiger partial charge in [-0.1, -0.05) is 12.1 Å². The molecule has 0 fully saturated rings. The van der Waals surface area contributed by atoms with Crippen molar-refractivity contribution in [2.24, 2.45) is 0 Å². The van der Waals surface area contributed by atoms with Gasteiger partial charge in [-0.15, -0.1) is 0 Å². The molecule has 2 rings (SSSR count). The Balaban J connectivity index is 2.12. The molecule has 110 valence electrons. The number of carbonyl (C=O) groups is 1. The van der Waals surface area contributed by atoms with E-state index in [1.54, 1.807) is 30.3 Å². The monoisotopic (exact) mass is 288 g/mol. The summed E-state index contributed by atoms with van der Waals surface area (Å²) in [5.41, 5.74) is 7.38. The molecule has 1 unspecified atom stereocenters. The van der Waals surface area contributed by atoms with E-state index in [0.29, 0.717) is 17.0 Å². The van der Waals surface area contributed by atoms with Gasteiger partial charge in [0.25, 0.3) is 5.91 Å². The molecule has 2 aromatic carbocycles. The van der Waals surface area contributed by atoms with E-state index in [4.69, 9.17) is 10.5 Å². The van der Waals surface area contributed by atoms with Crippen LogP contribution in [-0.4, -0.2) is 13.0 Å². The van der Waals surface area contributed by atoms with E-state index in [-0.39, 0.29) is 17.8 Å². The Kier molecular flexibility index (Phi) is 4.42. The van der Waals surface area contributed by atoms with Gasteiger partial charge in [0.2, 0.25) is 0 Å². The highest BCUT2D eigenvalue weighted by atomic mass is 19.1. The van der Waals surface area contributed by atoms with E-state index >= 15 is 0 Å². The molecule has 5 heteroatoms. The van der Waals surface area contributed by atoms with E-state index in [9.17, 15) is 9.18 Å². The van der Waals surface area contributed by atoms with Gasteiger partial charge in [-0.05, 0) is 36.8 Å². The third kappa shape index (κ3) is 3.51. The van der Waals surface area contributed by atoms with Gasteiger partial charge in [0.1, 0.15) is 11.6 Å². The van der Waals surface area contributed by atoms with Gasteiger partial charge in [-0.25, -0.2) is 4.39 Å². The molecular weight excluding hydrogens is 271 g/mol. The normalized spacial score (nSPS) is 11.8. The minimum atomic E-state index is -0.309. The average molecular weight is 288 g/mol. The van der Waals surface area contributed by atoms with Crippen LogP contribution in [0, 0.1) is 5.82 Å². The van der Waals surface area contributed by atoms with E-state index in [1.807, 2.05) is 6.92 Å². The van der Waals surface area contributed by atoms with Crippen LogP contribution in [0.1, 0.15) is 28.9 Å². The summed E-state index contributed by atoms with van der Waals surface area (Å²) in [6, 6.07) is 10.6. The zero-order valence-electron chi connectivity index (χ0n) is 11.9. The second-order valence-corrected chi connectivity index (χ2v) is 4.70. The zero-order valence-corrected chi connectivity index (χ0v) is 11.9. The lowest BCUT2D eigenvalue weighted by atomic mass is 10.1. The molecule has 0 aliphatic carbocycles. The first-order valence-corrected chi connectivity index (χ1v) is 6.51. The highest BCUT2D eigenvalue weighted by molar-refractivity contribution is 5.99. The number of carbonyl (C=O) groups excluding carboxylic acids is 1. The van der Waals surface area contributed by atoms with Crippen molar-refractivity contribution in [3.05, 3.63) is 59.4 Å². The number of methoxy groups -OCH3 is 1. The van der Waals surface area contributed by atoms with Crippen molar-refractivity contribution in [1.82, 2.24) is 5.32 Å².